The molecule has 1 amide bonds. The maximum atomic E-state index is 13.1. The molecule has 0 spiro atoms. The lowest BCUT2D eigenvalue weighted by atomic mass is 10.0. The SMILES string of the molecule is COc1ccc(N2CCN(C(=O)c3ccc4c(c3)C(=O)c3ccccc3-4)CC2)cc1. The zero-order chi connectivity index (χ0) is 20.7. The molecule has 2 aliphatic rings. The molecule has 0 saturated carbocycles. The minimum Gasteiger partial charge on any atom is -0.497 e. The van der Waals surface area contributed by atoms with E-state index in [1.807, 2.05) is 65.6 Å². The molecule has 0 unspecified atom stereocenters. The summed E-state index contributed by atoms with van der Waals surface area (Å²) in [5, 5.41) is 0. The van der Waals surface area contributed by atoms with E-state index in [0.717, 1.165) is 35.7 Å². The first-order chi connectivity index (χ1) is 14.7. The van der Waals surface area contributed by atoms with Gasteiger partial charge >= 0.3 is 0 Å². The number of anilines is 1. The highest BCUT2D eigenvalue weighted by Crippen LogP contribution is 2.37. The number of amides is 1. The van der Waals surface area contributed by atoms with Crippen LogP contribution in [0.15, 0.2) is 66.7 Å². The lowest BCUT2D eigenvalue weighted by Gasteiger charge is -2.36. The number of carbonyl (C=O) groups excluding carboxylic acids is 2. The Labute approximate surface area is 175 Å². The van der Waals surface area contributed by atoms with Crippen LogP contribution in [0, 0.1) is 0 Å². The number of benzene rings is 3. The van der Waals surface area contributed by atoms with Crippen molar-refractivity contribution in [1.29, 1.82) is 0 Å². The number of fused-ring (bicyclic) bond motifs is 3. The van der Waals surface area contributed by atoms with E-state index >= 15 is 0 Å². The molecule has 0 aromatic heterocycles. The Morgan fingerprint density at radius 2 is 1.47 bits per heavy atom. The molecule has 3 aromatic carbocycles. The van der Waals surface area contributed by atoms with Crippen molar-refractivity contribution in [3.63, 3.8) is 0 Å². The summed E-state index contributed by atoms with van der Waals surface area (Å²) in [5.41, 5.74) is 4.90. The van der Waals surface area contributed by atoms with Gasteiger partial charge in [0.2, 0.25) is 0 Å². The maximum absolute atomic E-state index is 13.1. The molecular formula is C25H22N2O3. The normalized spacial score (nSPS) is 15.0. The number of hydrogen-bond acceptors (Lipinski definition) is 4. The molecule has 30 heavy (non-hydrogen) atoms. The highest BCUT2D eigenvalue weighted by Gasteiger charge is 2.28. The summed E-state index contributed by atoms with van der Waals surface area (Å²) in [6.07, 6.45) is 0. The minimum atomic E-state index is -0.0177. The molecule has 5 heteroatoms. The lowest BCUT2D eigenvalue weighted by molar-refractivity contribution is 0.0747. The molecule has 1 aliphatic heterocycles. The Hall–Kier alpha value is -3.60. The quantitative estimate of drug-likeness (QED) is 0.526. The molecule has 5 nitrogen and oxygen atoms in total. The van der Waals surface area contributed by atoms with Crippen LogP contribution in [-0.4, -0.2) is 49.9 Å². The van der Waals surface area contributed by atoms with Crippen molar-refractivity contribution in [1.82, 2.24) is 4.90 Å². The molecule has 5 rings (SSSR count). The number of carbonyl (C=O) groups is 2. The summed E-state index contributed by atoms with van der Waals surface area (Å²) >= 11 is 0. The number of nitrogens with zero attached hydrogens (tertiary/aromatic N) is 2. The van der Waals surface area contributed by atoms with Crippen LogP contribution in [0.3, 0.4) is 0 Å². The van der Waals surface area contributed by atoms with Crippen molar-refractivity contribution in [3.8, 4) is 16.9 Å². The van der Waals surface area contributed by atoms with Gasteiger partial charge in [-0.3, -0.25) is 9.59 Å². The molecule has 1 heterocycles. The van der Waals surface area contributed by atoms with Crippen molar-refractivity contribution in [3.05, 3.63) is 83.4 Å². The van der Waals surface area contributed by atoms with Gasteiger partial charge in [0.05, 0.1) is 7.11 Å². The largest absolute Gasteiger partial charge is 0.497 e. The maximum Gasteiger partial charge on any atom is 0.253 e. The topological polar surface area (TPSA) is 49.9 Å². The fraction of sp³-hybridized carbons (Fsp3) is 0.200. The molecule has 0 bridgehead atoms. The van der Waals surface area contributed by atoms with Crippen molar-refractivity contribution in [2.75, 3.05) is 38.2 Å². The van der Waals surface area contributed by atoms with Gasteiger partial charge in [-0.1, -0.05) is 30.3 Å². The number of hydrogen-bond donors (Lipinski definition) is 0. The molecule has 0 N–H and O–H groups in total. The van der Waals surface area contributed by atoms with Crippen molar-refractivity contribution in [2.24, 2.45) is 0 Å². The van der Waals surface area contributed by atoms with Crippen LogP contribution >= 0.6 is 0 Å². The number of rotatable bonds is 3. The van der Waals surface area contributed by atoms with Crippen molar-refractivity contribution >= 4 is 17.4 Å². The fourth-order valence-electron chi connectivity index (χ4n) is 4.30. The number of methoxy groups -OCH3 is 1. The van der Waals surface area contributed by atoms with Crippen LogP contribution in [0.25, 0.3) is 11.1 Å². The van der Waals surface area contributed by atoms with Gasteiger partial charge in [0.15, 0.2) is 5.78 Å². The van der Waals surface area contributed by atoms with E-state index in [0.29, 0.717) is 29.8 Å². The number of ketones is 1. The summed E-state index contributed by atoms with van der Waals surface area (Å²) in [4.78, 5) is 30.0. The first-order valence-corrected chi connectivity index (χ1v) is 10.1. The monoisotopic (exact) mass is 398 g/mol. The number of piperazine rings is 1. The standard InChI is InChI=1S/C25H22N2O3/c1-30-19-9-7-18(8-10-19)26-12-14-27(15-13-26)25(29)17-6-11-21-20-4-2-3-5-22(20)24(28)23(21)16-17/h2-11,16H,12-15H2,1H3. The first kappa shape index (κ1) is 18.4. The van der Waals surface area contributed by atoms with Crippen LogP contribution in [0.2, 0.25) is 0 Å². The van der Waals surface area contributed by atoms with Crippen LogP contribution < -0.4 is 9.64 Å². The molecule has 1 fully saturated rings. The summed E-state index contributed by atoms with van der Waals surface area (Å²) in [5.74, 6) is 0.816. The van der Waals surface area contributed by atoms with E-state index in [9.17, 15) is 9.59 Å². The zero-order valence-electron chi connectivity index (χ0n) is 16.8. The van der Waals surface area contributed by atoms with Gasteiger partial charge in [0, 0.05) is 48.6 Å². The van der Waals surface area contributed by atoms with Crippen LogP contribution in [0.5, 0.6) is 5.75 Å². The summed E-state index contributed by atoms with van der Waals surface area (Å²) in [7, 11) is 1.66. The van der Waals surface area contributed by atoms with Crippen molar-refractivity contribution in [2.45, 2.75) is 0 Å². The molecule has 1 aliphatic carbocycles. The third-order valence-corrected chi connectivity index (χ3v) is 5.98. The van der Waals surface area contributed by atoms with Crippen molar-refractivity contribution < 1.29 is 14.3 Å². The third kappa shape index (κ3) is 3.03. The second-order valence-electron chi connectivity index (χ2n) is 7.61. The first-order valence-electron chi connectivity index (χ1n) is 10.1. The van der Waals surface area contributed by atoms with Crippen LogP contribution in [0.1, 0.15) is 26.3 Å². The predicted octanol–water partition coefficient (Wildman–Crippen LogP) is 3.87. The van der Waals surface area contributed by atoms with E-state index in [4.69, 9.17) is 4.74 Å². The summed E-state index contributed by atoms with van der Waals surface area (Å²) in [6.45, 7) is 2.84. The molecule has 3 aromatic rings. The molecule has 0 atom stereocenters. The summed E-state index contributed by atoms with van der Waals surface area (Å²) < 4.78 is 5.22. The van der Waals surface area contributed by atoms with Crippen LogP contribution in [-0.2, 0) is 0 Å². The average Bonchev–Trinajstić information content (AvgIpc) is 3.10. The molecule has 1 saturated heterocycles. The third-order valence-electron chi connectivity index (χ3n) is 5.98. The Kier molecular flexibility index (Phi) is 4.51. The Morgan fingerprint density at radius 1 is 0.800 bits per heavy atom. The molecule has 0 radical (unpaired) electrons. The minimum absolute atomic E-state index is 0.000393. The van der Waals surface area contributed by atoms with Gasteiger partial charge in [-0.25, -0.2) is 0 Å². The second-order valence-corrected chi connectivity index (χ2v) is 7.61. The van der Waals surface area contributed by atoms with E-state index in [1.54, 1.807) is 13.2 Å². The van der Waals surface area contributed by atoms with E-state index in [2.05, 4.69) is 4.90 Å². The van der Waals surface area contributed by atoms with Gasteiger partial charge in [0.1, 0.15) is 5.75 Å². The van der Waals surface area contributed by atoms with Gasteiger partial charge in [-0.2, -0.15) is 0 Å². The second kappa shape index (κ2) is 7.34. The van der Waals surface area contributed by atoms with E-state index < -0.39 is 0 Å². The predicted molar refractivity (Wildman–Crippen MR) is 116 cm³/mol. The zero-order valence-corrected chi connectivity index (χ0v) is 16.8. The fourth-order valence-corrected chi connectivity index (χ4v) is 4.30. The van der Waals surface area contributed by atoms with Gasteiger partial charge in [-0.05, 0) is 47.5 Å². The molecule has 150 valence electrons. The smallest absolute Gasteiger partial charge is 0.253 e. The Morgan fingerprint density at radius 3 is 2.17 bits per heavy atom. The Balaban J connectivity index is 1.30. The Bertz CT molecular complexity index is 1130. The van der Waals surface area contributed by atoms with E-state index in [1.165, 1.54) is 0 Å². The van der Waals surface area contributed by atoms with Gasteiger partial charge < -0.3 is 14.5 Å². The highest BCUT2D eigenvalue weighted by atomic mass is 16.5. The highest BCUT2D eigenvalue weighted by molar-refractivity contribution is 6.22. The molecular weight excluding hydrogens is 376 g/mol. The van der Waals surface area contributed by atoms with E-state index in [-0.39, 0.29) is 11.7 Å². The average molecular weight is 398 g/mol. The van der Waals surface area contributed by atoms with Gasteiger partial charge in [0.25, 0.3) is 5.91 Å². The number of ether oxygens (including phenoxy) is 1. The van der Waals surface area contributed by atoms with Crippen LogP contribution in [0.4, 0.5) is 5.69 Å². The summed E-state index contributed by atoms with van der Waals surface area (Å²) in [6, 6.07) is 21.1. The lowest BCUT2D eigenvalue weighted by Crippen LogP contribution is -2.48. The van der Waals surface area contributed by atoms with Gasteiger partial charge in [-0.15, -0.1) is 0 Å².